The largest absolute Gasteiger partial charge is 0.392 e. The van der Waals surface area contributed by atoms with Gasteiger partial charge in [0.1, 0.15) is 0 Å². The summed E-state index contributed by atoms with van der Waals surface area (Å²) < 4.78 is 13.2. The normalized spacial score (nSPS) is 20.7. The van der Waals surface area contributed by atoms with Crippen LogP contribution in [0.1, 0.15) is 48.5 Å². The van der Waals surface area contributed by atoms with Crippen molar-refractivity contribution in [2.75, 3.05) is 26.7 Å². The second-order valence-electron chi connectivity index (χ2n) is 10.3. The first-order chi connectivity index (χ1) is 19.4. The summed E-state index contributed by atoms with van der Waals surface area (Å²) in [7, 11) is 2.07. The number of ether oxygens (including phenoxy) is 2. The van der Waals surface area contributed by atoms with Crippen molar-refractivity contribution in [3.63, 3.8) is 0 Å². The van der Waals surface area contributed by atoms with E-state index < -0.39 is 6.29 Å². The minimum atomic E-state index is -0.524. The lowest BCUT2D eigenvalue weighted by molar-refractivity contribution is -0.275. The number of likely N-dealkylation sites (N-methyl/N-ethyl adjacent to an activating group) is 1. The monoisotopic (exact) mass is 543 g/mol. The van der Waals surface area contributed by atoms with Crippen LogP contribution in [0.3, 0.4) is 0 Å². The number of nitrogens with zero attached hydrogens (tertiary/aromatic N) is 1. The van der Waals surface area contributed by atoms with Gasteiger partial charge in [0, 0.05) is 37.7 Å². The standard InChI is InChI=1S/C33H41N3O4/c1-5-19-36(4)21-30-23(3)31(26-13-11-24(22-37)12-14-26)40-32(39-30)27-17-15-25(16-18-27)29-10-8-7-9-28(29)20-35-33(38)34-6-2/h5,7-18,23,30-32,37H,1,6,19-22H2,2-4H3,(H2,34,35,38)/t23-,30+,31+,32+/m0/s1. The highest BCUT2D eigenvalue weighted by Gasteiger charge is 2.38. The van der Waals surface area contributed by atoms with E-state index in [1.165, 1.54) is 0 Å². The highest BCUT2D eigenvalue weighted by atomic mass is 16.7. The maximum atomic E-state index is 11.9. The number of benzene rings is 3. The van der Waals surface area contributed by atoms with Gasteiger partial charge in [0.15, 0.2) is 6.29 Å². The molecule has 1 aliphatic heterocycles. The van der Waals surface area contributed by atoms with Crippen LogP contribution >= 0.6 is 0 Å². The zero-order valence-corrected chi connectivity index (χ0v) is 23.7. The Morgan fingerprint density at radius 2 is 1.70 bits per heavy atom. The quantitative estimate of drug-likeness (QED) is 0.275. The number of aliphatic hydroxyl groups excluding tert-OH is 1. The third kappa shape index (κ3) is 7.37. The predicted octanol–water partition coefficient (Wildman–Crippen LogP) is 5.57. The van der Waals surface area contributed by atoms with Crippen LogP contribution in [0.15, 0.2) is 85.5 Å². The van der Waals surface area contributed by atoms with Crippen molar-refractivity contribution in [3.8, 4) is 11.1 Å². The fourth-order valence-corrected chi connectivity index (χ4v) is 5.10. The Morgan fingerprint density at radius 3 is 2.38 bits per heavy atom. The molecule has 1 saturated heterocycles. The van der Waals surface area contributed by atoms with Crippen LogP contribution in [-0.2, 0) is 22.6 Å². The Bertz CT molecular complexity index is 1250. The van der Waals surface area contributed by atoms with Gasteiger partial charge in [0.2, 0.25) is 0 Å². The molecular formula is C33H41N3O4. The average Bonchev–Trinajstić information content (AvgIpc) is 2.98. The molecule has 0 spiro atoms. The van der Waals surface area contributed by atoms with Gasteiger partial charge in [-0.3, -0.25) is 0 Å². The zero-order chi connectivity index (χ0) is 28.5. The molecule has 1 fully saturated rings. The molecule has 0 aromatic heterocycles. The number of urea groups is 1. The van der Waals surface area contributed by atoms with E-state index in [9.17, 15) is 9.90 Å². The molecule has 4 atom stereocenters. The number of amides is 2. The molecule has 3 aromatic carbocycles. The van der Waals surface area contributed by atoms with Crippen LogP contribution < -0.4 is 10.6 Å². The number of carbonyl (C=O) groups is 1. The molecule has 0 saturated carbocycles. The second-order valence-corrected chi connectivity index (χ2v) is 10.3. The summed E-state index contributed by atoms with van der Waals surface area (Å²) in [4.78, 5) is 14.1. The summed E-state index contributed by atoms with van der Waals surface area (Å²) in [5, 5.41) is 15.2. The lowest BCUT2D eigenvalue weighted by Crippen LogP contribution is -2.43. The van der Waals surface area contributed by atoms with Crippen molar-refractivity contribution < 1.29 is 19.4 Å². The van der Waals surface area contributed by atoms with Crippen LogP contribution in [0.2, 0.25) is 0 Å². The van der Waals surface area contributed by atoms with Crippen LogP contribution in [0.25, 0.3) is 11.1 Å². The minimum Gasteiger partial charge on any atom is -0.392 e. The predicted molar refractivity (Wildman–Crippen MR) is 158 cm³/mol. The molecule has 2 amide bonds. The number of rotatable bonds is 11. The zero-order valence-electron chi connectivity index (χ0n) is 23.7. The summed E-state index contributed by atoms with van der Waals surface area (Å²) in [6.07, 6.45) is 1.17. The molecule has 3 N–H and O–H groups in total. The fourth-order valence-electron chi connectivity index (χ4n) is 5.10. The maximum Gasteiger partial charge on any atom is 0.315 e. The van der Waals surface area contributed by atoms with E-state index in [2.05, 4.69) is 66.4 Å². The summed E-state index contributed by atoms with van der Waals surface area (Å²) >= 11 is 0. The van der Waals surface area contributed by atoms with Crippen LogP contribution in [0, 0.1) is 5.92 Å². The molecule has 0 aliphatic carbocycles. The smallest absolute Gasteiger partial charge is 0.315 e. The van der Waals surface area contributed by atoms with E-state index in [-0.39, 0.29) is 30.8 Å². The van der Waals surface area contributed by atoms with Gasteiger partial charge in [-0.25, -0.2) is 4.79 Å². The number of hydrogen-bond donors (Lipinski definition) is 3. The van der Waals surface area contributed by atoms with Crippen molar-refractivity contribution in [2.45, 2.75) is 45.5 Å². The lowest BCUT2D eigenvalue weighted by atomic mass is 9.90. The van der Waals surface area contributed by atoms with Gasteiger partial charge in [-0.05, 0) is 41.8 Å². The van der Waals surface area contributed by atoms with Gasteiger partial charge < -0.3 is 30.1 Å². The summed E-state index contributed by atoms with van der Waals surface area (Å²) in [6, 6.07) is 24.1. The Hall–Kier alpha value is -3.49. The van der Waals surface area contributed by atoms with Gasteiger partial charge in [-0.1, -0.05) is 85.8 Å². The molecule has 0 bridgehead atoms. The van der Waals surface area contributed by atoms with Crippen LogP contribution in [0.5, 0.6) is 0 Å². The second kappa shape index (κ2) is 14.2. The SMILES string of the molecule is C=CCN(C)C[C@H]1O[C@@H](c2ccc(-c3ccccc3CNC(=O)NCC)cc2)O[C@@H](c2ccc(CO)cc2)[C@H]1C. The van der Waals surface area contributed by atoms with Crippen molar-refractivity contribution in [3.05, 3.63) is 108 Å². The molecule has 0 unspecified atom stereocenters. The molecule has 212 valence electrons. The first-order valence-electron chi connectivity index (χ1n) is 13.9. The molecule has 40 heavy (non-hydrogen) atoms. The van der Waals surface area contributed by atoms with Gasteiger partial charge in [0.25, 0.3) is 0 Å². The molecule has 7 nitrogen and oxygen atoms in total. The molecular weight excluding hydrogens is 502 g/mol. The van der Waals surface area contributed by atoms with Crippen LogP contribution in [-0.4, -0.2) is 48.8 Å². The minimum absolute atomic E-state index is 0.0134. The van der Waals surface area contributed by atoms with Gasteiger partial charge in [-0.2, -0.15) is 0 Å². The summed E-state index contributed by atoms with van der Waals surface area (Å²) in [5.41, 5.74) is 6.05. The third-order valence-corrected chi connectivity index (χ3v) is 7.34. The highest BCUT2D eigenvalue weighted by Crippen LogP contribution is 2.42. The number of carbonyl (C=O) groups excluding carboxylic acids is 1. The van der Waals surface area contributed by atoms with Gasteiger partial charge in [0.05, 0.1) is 18.8 Å². The maximum absolute atomic E-state index is 11.9. The van der Waals surface area contributed by atoms with E-state index >= 15 is 0 Å². The Labute approximate surface area is 237 Å². The molecule has 1 aliphatic rings. The Kier molecular flexibility index (Phi) is 10.5. The van der Waals surface area contributed by atoms with Crippen molar-refractivity contribution in [2.24, 2.45) is 5.92 Å². The number of aliphatic hydroxyl groups is 1. The lowest BCUT2D eigenvalue weighted by Gasteiger charge is -2.42. The number of hydrogen-bond acceptors (Lipinski definition) is 5. The Balaban J connectivity index is 1.56. The van der Waals surface area contributed by atoms with E-state index in [0.29, 0.717) is 13.1 Å². The third-order valence-electron chi connectivity index (χ3n) is 7.34. The summed E-state index contributed by atoms with van der Waals surface area (Å²) in [6.45, 7) is 10.5. The molecule has 7 heteroatoms. The first kappa shape index (κ1) is 29.5. The van der Waals surface area contributed by atoms with E-state index in [0.717, 1.165) is 46.5 Å². The van der Waals surface area contributed by atoms with E-state index in [4.69, 9.17) is 9.47 Å². The van der Waals surface area contributed by atoms with Gasteiger partial charge in [-0.15, -0.1) is 6.58 Å². The Morgan fingerprint density at radius 1 is 1.00 bits per heavy atom. The van der Waals surface area contributed by atoms with Crippen LogP contribution in [0.4, 0.5) is 4.79 Å². The topological polar surface area (TPSA) is 83.1 Å². The van der Waals surface area contributed by atoms with E-state index in [1.54, 1.807) is 0 Å². The molecule has 3 aromatic rings. The number of nitrogens with one attached hydrogen (secondary N) is 2. The highest BCUT2D eigenvalue weighted by molar-refractivity contribution is 5.74. The summed E-state index contributed by atoms with van der Waals surface area (Å²) in [5.74, 6) is 0.118. The first-order valence-corrected chi connectivity index (χ1v) is 13.9. The van der Waals surface area contributed by atoms with Gasteiger partial charge >= 0.3 is 6.03 Å². The van der Waals surface area contributed by atoms with Crippen molar-refractivity contribution in [1.82, 2.24) is 15.5 Å². The van der Waals surface area contributed by atoms with E-state index in [1.807, 2.05) is 55.5 Å². The molecule has 1 heterocycles. The average molecular weight is 544 g/mol. The molecule has 0 radical (unpaired) electrons. The fraction of sp³-hybridized carbons (Fsp3) is 0.364. The van der Waals surface area contributed by atoms with Crippen molar-refractivity contribution >= 4 is 6.03 Å². The molecule has 4 rings (SSSR count). The van der Waals surface area contributed by atoms with Crippen molar-refractivity contribution in [1.29, 1.82) is 0 Å².